The minimum absolute atomic E-state index is 0.111. The van der Waals surface area contributed by atoms with Crippen molar-refractivity contribution in [3.05, 3.63) is 57.9 Å². The van der Waals surface area contributed by atoms with Gasteiger partial charge in [-0.25, -0.2) is 0 Å². The molecule has 0 spiro atoms. The predicted molar refractivity (Wildman–Crippen MR) is 136 cm³/mol. The van der Waals surface area contributed by atoms with Crippen LogP contribution in [0.5, 0.6) is 0 Å². The van der Waals surface area contributed by atoms with Gasteiger partial charge in [-0.15, -0.1) is 0 Å². The number of thioether (sulfide) groups is 1. The van der Waals surface area contributed by atoms with E-state index in [1.807, 2.05) is 6.92 Å². The number of aliphatic imine (C=N–C) groups is 1. The van der Waals surface area contributed by atoms with Crippen LogP contribution in [-0.4, -0.2) is 31.5 Å². The lowest BCUT2D eigenvalue weighted by Gasteiger charge is -2.20. The summed E-state index contributed by atoms with van der Waals surface area (Å²) >= 11 is 1.46. The van der Waals surface area contributed by atoms with Gasteiger partial charge >= 0.3 is 0 Å². The lowest BCUT2D eigenvalue weighted by molar-refractivity contribution is -0.114. The van der Waals surface area contributed by atoms with Crippen molar-refractivity contribution in [1.29, 1.82) is 5.41 Å². The van der Waals surface area contributed by atoms with E-state index in [4.69, 9.17) is 10.5 Å². The zero-order valence-corrected chi connectivity index (χ0v) is 20.4. The molecule has 0 atom stereocenters. The van der Waals surface area contributed by atoms with Crippen LogP contribution in [0.2, 0.25) is 0 Å². The zero-order chi connectivity index (χ0) is 23.3. The summed E-state index contributed by atoms with van der Waals surface area (Å²) in [5.74, 6) is 0.165. The molecule has 33 heavy (non-hydrogen) atoms. The molecule has 2 aromatic rings. The van der Waals surface area contributed by atoms with Crippen molar-refractivity contribution in [3.8, 4) is 5.69 Å². The number of carbonyl (C=O) groups excluding carboxylic acids is 1. The summed E-state index contributed by atoms with van der Waals surface area (Å²) in [5, 5.41) is 16.5. The minimum atomic E-state index is -0.366. The molecule has 7 heteroatoms. The van der Waals surface area contributed by atoms with Crippen LogP contribution in [0.1, 0.15) is 60.2 Å². The number of benzene rings is 1. The highest BCUT2D eigenvalue weighted by Crippen LogP contribution is 2.36. The van der Waals surface area contributed by atoms with Crippen molar-refractivity contribution in [2.75, 3.05) is 0 Å². The van der Waals surface area contributed by atoms with E-state index in [0.29, 0.717) is 11.1 Å². The number of aromatic nitrogens is 1. The second-order valence-corrected chi connectivity index (χ2v) is 10.3. The Labute approximate surface area is 199 Å². The summed E-state index contributed by atoms with van der Waals surface area (Å²) in [7, 11) is 0. The highest BCUT2D eigenvalue weighted by molar-refractivity contribution is 8.27. The highest BCUT2D eigenvalue weighted by Gasteiger charge is 2.38. The Morgan fingerprint density at radius 2 is 1.73 bits per heavy atom. The van der Waals surface area contributed by atoms with Crippen LogP contribution in [0.4, 0.5) is 0 Å². The number of hydrogen-bond acceptors (Lipinski definition) is 4. The van der Waals surface area contributed by atoms with Crippen molar-refractivity contribution < 1.29 is 4.79 Å². The second kappa shape index (κ2) is 8.45. The fraction of sp³-hybridized carbons (Fsp3) is 0.385. The molecular weight excluding hydrogens is 430 g/mol. The molecular formula is C26H29N5OS. The lowest BCUT2D eigenvalue weighted by atomic mass is 9.90. The summed E-state index contributed by atoms with van der Waals surface area (Å²) < 4.78 is 2.20. The standard InChI is InChI=1S/C26H29N5OS/c1-15-10-16(2)12-21(11-15)30-17(3)13-20(18(30)4)14-22-23(27)31-26(28-24(22)32)33-25(29-31)19-8-6-5-7-9-19/h10-14,19,27H,5-9H2,1-4H3/b22-14+,27-23?. The number of hydrazone groups is 1. The number of rotatable bonds is 3. The first kappa shape index (κ1) is 21.9. The van der Waals surface area contributed by atoms with E-state index in [1.165, 1.54) is 42.2 Å². The Morgan fingerprint density at radius 1 is 1.03 bits per heavy atom. The maximum atomic E-state index is 12.9. The zero-order valence-electron chi connectivity index (χ0n) is 19.6. The fourth-order valence-electron chi connectivity index (χ4n) is 5.09. The number of amides is 1. The number of hydrogen-bond donors (Lipinski definition) is 1. The predicted octanol–water partition coefficient (Wildman–Crippen LogP) is 5.91. The van der Waals surface area contributed by atoms with Gasteiger partial charge in [-0.2, -0.15) is 15.1 Å². The Morgan fingerprint density at radius 3 is 2.42 bits per heavy atom. The Balaban J connectivity index is 1.49. The van der Waals surface area contributed by atoms with E-state index in [0.717, 1.165) is 40.5 Å². The first-order chi connectivity index (χ1) is 15.8. The third-order valence-corrected chi connectivity index (χ3v) is 7.73. The number of aryl methyl sites for hydroxylation is 3. The smallest absolute Gasteiger partial charge is 0.283 e. The molecule has 6 nitrogen and oxygen atoms in total. The van der Waals surface area contributed by atoms with Crippen molar-refractivity contribution in [2.45, 2.75) is 59.8 Å². The van der Waals surface area contributed by atoms with Crippen LogP contribution >= 0.6 is 11.8 Å². The summed E-state index contributed by atoms with van der Waals surface area (Å²) in [6.45, 7) is 8.31. The van der Waals surface area contributed by atoms with E-state index in [1.54, 1.807) is 11.1 Å². The summed E-state index contributed by atoms with van der Waals surface area (Å²) in [5.41, 5.74) is 6.84. The van der Waals surface area contributed by atoms with Gasteiger partial charge in [0.15, 0.2) is 5.84 Å². The van der Waals surface area contributed by atoms with Crippen LogP contribution in [0.25, 0.3) is 11.8 Å². The summed E-state index contributed by atoms with van der Waals surface area (Å²) in [6, 6.07) is 8.55. The molecule has 1 aromatic heterocycles. The average Bonchev–Trinajstić information content (AvgIpc) is 3.31. The summed E-state index contributed by atoms with van der Waals surface area (Å²) in [6.07, 6.45) is 7.76. The first-order valence-corrected chi connectivity index (χ1v) is 12.4. The van der Waals surface area contributed by atoms with E-state index < -0.39 is 0 Å². The number of carbonyl (C=O) groups is 1. The van der Waals surface area contributed by atoms with Crippen LogP contribution in [0.15, 0.2) is 39.9 Å². The van der Waals surface area contributed by atoms with Crippen LogP contribution in [-0.2, 0) is 4.79 Å². The number of nitrogens with one attached hydrogen (secondary N) is 1. The normalized spacial score (nSPS) is 20.4. The van der Waals surface area contributed by atoms with E-state index in [-0.39, 0.29) is 17.3 Å². The summed E-state index contributed by atoms with van der Waals surface area (Å²) in [4.78, 5) is 17.2. The van der Waals surface area contributed by atoms with Gasteiger partial charge < -0.3 is 4.57 Å². The number of amidine groups is 2. The van der Waals surface area contributed by atoms with Gasteiger partial charge in [-0.05, 0) is 93.3 Å². The molecule has 1 fully saturated rings. The van der Waals surface area contributed by atoms with Gasteiger partial charge in [-0.1, -0.05) is 25.3 Å². The molecule has 1 amide bonds. The Hall–Kier alpha value is -2.93. The molecule has 0 radical (unpaired) electrons. The Kier molecular flexibility index (Phi) is 5.60. The lowest BCUT2D eigenvalue weighted by Crippen LogP contribution is -2.35. The average molecular weight is 460 g/mol. The Bertz CT molecular complexity index is 1240. The largest absolute Gasteiger partial charge is 0.318 e. The van der Waals surface area contributed by atoms with Gasteiger partial charge in [0.1, 0.15) is 5.04 Å². The molecule has 0 unspecified atom stereocenters. The maximum absolute atomic E-state index is 12.9. The van der Waals surface area contributed by atoms with Gasteiger partial charge in [0.05, 0.1) is 5.57 Å². The van der Waals surface area contributed by atoms with Crippen LogP contribution in [0, 0.1) is 39.0 Å². The monoisotopic (exact) mass is 459 g/mol. The molecule has 5 rings (SSSR count). The van der Waals surface area contributed by atoms with Crippen molar-refractivity contribution in [1.82, 2.24) is 9.58 Å². The van der Waals surface area contributed by atoms with E-state index in [9.17, 15) is 4.79 Å². The highest BCUT2D eigenvalue weighted by atomic mass is 32.2. The molecule has 0 bridgehead atoms. The molecule has 3 aliphatic rings. The second-order valence-electron chi connectivity index (χ2n) is 9.30. The number of fused-ring (bicyclic) bond motifs is 1. The SMILES string of the molecule is Cc1cc(C)cc(-n2c(C)cc(/C=C3\C(=N)N4N=C(C5CCCCC5)SC4=NC3=O)c2C)c1. The van der Waals surface area contributed by atoms with E-state index in [2.05, 4.69) is 54.6 Å². The van der Waals surface area contributed by atoms with E-state index >= 15 is 0 Å². The molecule has 1 N–H and O–H groups in total. The molecule has 170 valence electrons. The van der Waals surface area contributed by atoms with Crippen molar-refractivity contribution in [2.24, 2.45) is 16.0 Å². The maximum Gasteiger partial charge on any atom is 0.283 e. The number of nitrogens with zero attached hydrogens (tertiary/aromatic N) is 4. The molecule has 2 aliphatic heterocycles. The van der Waals surface area contributed by atoms with Gasteiger partial charge in [0.25, 0.3) is 5.91 Å². The molecule has 1 aromatic carbocycles. The molecule has 0 saturated heterocycles. The third-order valence-electron chi connectivity index (χ3n) is 6.66. The molecule has 1 saturated carbocycles. The van der Waals surface area contributed by atoms with Crippen LogP contribution < -0.4 is 0 Å². The van der Waals surface area contributed by atoms with Gasteiger partial charge in [0, 0.05) is 23.0 Å². The third kappa shape index (κ3) is 3.99. The van der Waals surface area contributed by atoms with Crippen LogP contribution in [0.3, 0.4) is 0 Å². The van der Waals surface area contributed by atoms with Crippen molar-refractivity contribution in [3.63, 3.8) is 0 Å². The van der Waals surface area contributed by atoms with Crippen molar-refractivity contribution >= 4 is 39.8 Å². The van der Waals surface area contributed by atoms with Gasteiger partial charge in [0.2, 0.25) is 5.17 Å². The fourth-order valence-corrected chi connectivity index (χ4v) is 6.15. The minimum Gasteiger partial charge on any atom is -0.318 e. The molecule has 3 heterocycles. The topological polar surface area (TPSA) is 73.8 Å². The first-order valence-electron chi connectivity index (χ1n) is 11.6. The molecule has 1 aliphatic carbocycles. The quantitative estimate of drug-likeness (QED) is 0.580. The van der Waals surface area contributed by atoms with Gasteiger partial charge in [-0.3, -0.25) is 10.2 Å².